The topological polar surface area (TPSA) is 43.1 Å². The first-order valence-electron chi connectivity index (χ1n) is 2.70. The van der Waals surface area contributed by atoms with Crippen LogP contribution in [0.2, 0.25) is 5.02 Å². The zero-order valence-electron chi connectivity index (χ0n) is 5.25. The Morgan fingerprint density at radius 2 is 2.18 bits per heavy atom. The minimum atomic E-state index is -0.446. The molecule has 0 fully saturated rings. The fourth-order valence-corrected chi connectivity index (χ4v) is 1.22. The molecule has 0 aliphatic rings. The second-order valence-corrected chi connectivity index (χ2v) is 3.42. The molecule has 0 aromatic heterocycles. The molecule has 0 spiro atoms. The molecule has 11 heavy (non-hydrogen) atoms. The van der Waals surface area contributed by atoms with Crippen LogP contribution in [0.4, 0.5) is 5.69 Å². The highest BCUT2D eigenvalue weighted by atomic mass is 127. The molecule has 0 saturated carbocycles. The summed E-state index contributed by atoms with van der Waals surface area (Å²) in [5, 5.41) is 10.8. The van der Waals surface area contributed by atoms with Crippen LogP contribution in [0.25, 0.3) is 0 Å². The molecule has 0 radical (unpaired) electrons. The van der Waals surface area contributed by atoms with Gasteiger partial charge in [0.1, 0.15) is 0 Å². The molecule has 0 amide bonds. The van der Waals surface area contributed by atoms with Gasteiger partial charge in [0.25, 0.3) is 5.69 Å². The van der Waals surface area contributed by atoms with Crippen LogP contribution in [0.1, 0.15) is 0 Å². The van der Waals surface area contributed by atoms with Crippen molar-refractivity contribution in [2.24, 2.45) is 0 Å². The van der Waals surface area contributed by atoms with Crippen LogP contribution in [-0.2, 0) is 0 Å². The average Bonchev–Trinajstić information content (AvgIpc) is 1.94. The summed E-state index contributed by atoms with van der Waals surface area (Å²) in [6.45, 7) is 0. The largest absolute Gasteiger partial charge is 0.270 e. The molecule has 0 aliphatic carbocycles. The third-order valence-electron chi connectivity index (χ3n) is 1.11. The fourth-order valence-electron chi connectivity index (χ4n) is 0.599. The summed E-state index contributed by atoms with van der Waals surface area (Å²) in [6.07, 6.45) is 0. The first-order chi connectivity index (χ1) is 5.11. The highest BCUT2D eigenvalue weighted by molar-refractivity contribution is 14.1. The highest BCUT2D eigenvalue weighted by Gasteiger charge is 2.06. The van der Waals surface area contributed by atoms with Crippen molar-refractivity contribution in [1.82, 2.24) is 0 Å². The molecule has 0 bridgehead atoms. The maximum atomic E-state index is 10.2. The number of hydrogen-bond acceptors (Lipinski definition) is 2. The van der Waals surface area contributed by atoms with Gasteiger partial charge in [-0.2, -0.15) is 0 Å². The van der Waals surface area contributed by atoms with Gasteiger partial charge in [-0.25, -0.2) is 0 Å². The minimum absolute atomic E-state index is 0.0683. The molecule has 0 atom stereocenters. The van der Waals surface area contributed by atoms with Crippen molar-refractivity contribution in [3.8, 4) is 0 Å². The molecule has 0 aliphatic heterocycles. The lowest BCUT2D eigenvalue weighted by molar-refractivity contribution is -0.384. The van der Waals surface area contributed by atoms with Gasteiger partial charge in [-0.15, -0.1) is 0 Å². The third-order valence-corrected chi connectivity index (χ3v) is 2.65. The van der Waals surface area contributed by atoms with Crippen molar-refractivity contribution >= 4 is 39.9 Å². The van der Waals surface area contributed by atoms with Gasteiger partial charge < -0.3 is 0 Å². The molecular weight excluding hydrogens is 280 g/mol. The Kier molecular flexibility index (Phi) is 2.67. The lowest BCUT2D eigenvalue weighted by atomic mass is 10.3. The van der Waals surface area contributed by atoms with Gasteiger partial charge in [0.05, 0.1) is 9.95 Å². The molecule has 58 valence electrons. The van der Waals surface area contributed by atoms with Crippen molar-refractivity contribution in [3.05, 3.63) is 36.9 Å². The first-order valence-corrected chi connectivity index (χ1v) is 4.16. The Balaban J connectivity index is 3.15. The van der Waals surface area contributed by atoms with Crippen molar-refractivity contribution in [1.29, 1.82) is 0 Å². The van der Waals surface area contributed by atoms with E-state index in [-0.39, 0.29) is 5.69 Å². The van der Waals surface area contributed by atoms with Gasteiger partial charge >= 0.3 is 0 Å². The molecule has 0 heterocycles. The van der Waals surface area contributed by atoms with E-state index in [1.54, 1.807) is 0 Å². The molecule has 0 saturated heterocycles. The Morgan fingerprint density at radius 3 is 2.64 bits per heavy atom. The van der Waals surface area contributed by atoms with E-state index in [0.717, 1.165) is 0 Å². The standard InChI is InChI=1S/C6H3ClINO2/c7-5-2-1-4(9(10)11)3-6(5)8/h1-3H. The van der Waals surface area contributed by atoms with Crippen molar-refractivity contribution in [2.75, 3.05) is 0 Å². The molecule has 0 unspecified atom stereocenters. The molecule has 3 nitrogen and oxygen atoms in total. The smallest absolute Gasteiger partial charge is 0.258 e. The summed E-state index contributed by atoms with van der Waals surface area (Å²) in [6, 6.07) is 4.33. The zero-order valence-corrected chi connectivity index (χ0v) is 8.17. The Morgan fingerprint density at radius 1 is 1.55 bits per heavy atom. The Labute approximate surface area is 81.6 Å². The molecule has 1 aromatic carbocycles. The maximum Gasteiger partial charge on any atom is 0.270 e. The van der Waals surface area contributed by atoms with Crippen LogP contribution in [0.15, 0.2) is 18.2 Å². The number of hydrogen-bond donors (Lipinski definition) is 0. The van der Waals surface area contributed by atoms with Crippen LogP contribution in [-0.4, -0.2) is 4.92 Å². The normalized spacial score (nSPS) is 9.64. The van der Waals surface area contributed by atoms with Crippen LogP contribution >= 0.6 is 34.2 Å². The summed E-state index contributed by atoms with van der Waals surface area (Å²) in [5.41, 5.74) is 0.0683. The second-order valence-electron chi connectivity index (χ2n) is 1.86. The van der Waals surface area contributed by atoms with E-state index in [9.17, 15) is 10.1 Å². The van der Waals surface area contributed by atoms with Gasteiger partial charge in [0.2, 0.25) is 0 Å². The number of halogens is 2. The van der Waals surface area contributed by atoms with Gasteiger partial charge in [-0.1, -0.05) is 11.6 Å². The second kappa shape index (κ2) is 3.36. The molecule has 1 rings (SSSR count). The van der Waals surface area contributed by atoms with Crippen molar-refractivity contribution < 1.29 is 4.92 Å². The minimum Gasteiger partial charge on any atom is -0.258 e. The van der Waals surface area contributed by atoms with Crippen molar-refractivity contribution in [2.45, 2.75) is 0 Å². The number of benzene rings is 1. The van der Waals surface area contributed by atoms with Gasteiger partial charge in [0.15, 0.2) is 0 Å². The van der Waals surface area contributed by atoms with Crippen molar-refractivity contribution in [3.63, 3.8) is 0 Å². The maximum absolute atomic E-state index is 10.2. The first kappa shape index (κ1) is 8.73. The number of nitrogens with zero attached hydrogens (tertiary/aromatic N) is 1. The van der Waals surface area contributed by atoms with E-state index in [2.05, 4.69) is 0 Å². The predicted octanol–water partition coefficient (Wildman–Crippen LogP) is 2.85. The lowest BCUT2D eigenvalue weighted by Gasteiger charge is -1.93. The van der Waals surface area contributed by atoms with Gasteiger partial charge in [0, 0.05) is 15.7 Å². The quantitative estimate of drug-likeness (QED) is 0.452. The average molecular weight is 283 g/mol. The Bertz CT molecular complexity index is 303. The summed E-state index contributed by atoms with van der Waals surface area (Å²) in [4.78, 5) is 9.78. The van der Waals surface area contributed by atoms with Crippen LogP contribution in [0.3, 0.4) is 0 Å². The van der Waals surface area contributed by atoms with E-state index in [1.807, 2.05) is 22.6 Å². The summed E-state index contributed by atoms with van der Waals surface area (Å²) >= 11 is 7.60. The Hall–Kier alpha value is -0.360. The third kappa shape index (κ3) is 2.03. The van der Waals surface area contributed by atoms with Gasteiger partial charge in [-0.05, 0) is 28.7 Å². The highest BCUT2D eigenvalue weighted by Crippen LogP contribution is 2.22. The number of non-ortho nitro benzene ring substituents is 1. The monoisotopic (exact) mass is 283 g/mol. The van der Waals surface area contributed by atoms with E-state index in [1.165, 1.54) is 18.2 Å². The van der Waals surface area contributed by atoms with Crippen LogP contribution in [0, 0.1) is 13.7 Å². The number of nitro groups is 1. The summed E-state index contributed by atoms with van der Waals surface area (Å²) in [5.74, 6) is 0. The number of nitro benzene ring substituents is 1. The molecule has 0 N–H and O–H groups in total. The molecular formula is C6H3ClINO2. The lowest BCUT2D eigenvalue weighted by Crippen LogP contribution is -1.87. The van der Waals surface area contributed by atoms with Gasteiger partial charge in [-0.3, -0.25) is 10.1 Å². The SMILES string of the molecule is O=[N+]([O-])c1ccc(Cl)c(I)c1. The summed E-state index contributed by atoms with van der Waals surface area (Å²) < 4.78 is 0.693. The zero-order chi connectivity index (χ0) is 8.43. The predicted molar refractivity (Wildman–Crippen MR) is 50.8 cm³/mol. The van der Waals surface area contributed by atoms with Crippen LogP contribution < -0.4 is 0 Å². The summed E-state index contributed by atoms with van der Waals surface area (Å²) in [7, 11) is 0. The number of rotatable bonds is 1. The van der Waals surface area contributed by atoms with E-state index in [4.69, 9.17) is 11.6 Å². The molecule has 1 aromatic rings. The fraction of sp³-hybridized carbons (Fsp3) is 0. The van der Waals surface area contributed by atoms with E-state index < -0.39 is 4.92 Å². The van der Waals surface area contributed by atoms with Crippen LogP contribution in [0.5, 0.6) is 0 Å². The van der Waals surface area contributed by atoms with E-state index >= 15 is 0 Å². The molecule has 5 heteroatoms. The van der Waals surface area contributed by atoms with E-state index in [0.29, 0.717) is 8.59 Å².